The van der Waals surface area contributed by atoms with E-state index in [4.69, 9.17) is 10.00 Å². The average molecular weight is 188 g/mol. The molecule has 1 aromatic carbocycles. The van der Waals surface area contributed by atoms with Crippen molar-refractivity contribution in [1.82, 2.24) is 0 Å². The van der Waals surface area contributed by atoms with Crippen LogP contribution in [0.1, 0.15) is 18.1 Å². The van der Waals surface area contributed by atoms with E-state index in [0.717, 1.165) is 5.56 Å². The predicted molar refractivity (Wildman–Crippen MR) is 55.7 cm³/mol. The zero-order chi connectivity index (χ0) is 10.4. The fourth-order valence-electron chi connectivity index (χ4n) is 1.02. The summed E-state index contributed by atoms with van der Waals surface area (Å²) in [5, 5.41) is 8.83. The van der Waals surface area contributed by atoms with Gasteiger partial charge in [0.25, 0.3) is 0 Å². The highest BCUT2D eigenvalue weighted by Gasteiger charge is 1.99. The van der Waals surface area contributed by atoms with Crippen LogP contribution in [0.25, 0.3) is 0 Å². The molecule has 0 aliphatic carbocycles. The molecular formula is C11H12N2O. The molecule has 1 aromatic rings. The molecule has 0 amide bonds. The fourth-order valence-corrected chi connectivity index (χ4v) is 1.02. The van der Waals surface area contributed by atoms with Crippen molar-refractivity contribution in [3.05, 3.63) is 29.3 Å². The Labute approximate surface area is 83.7 Å². The summed E-state index contributed by atoms with van der Waals surface area (Å²) >= 11 is 0. The van der Waals surface area contributed by atoms with E-state index in [-0.39, 0.29) is 0 Å². The molecule has 0 spiro atoms. The highest BCUT2D eigenvalue weighted by atomic mass is 16.5. The summed E-state index contributed by atoms with van der Waals surface area (Å²) in [5.41, 5.74) is 2.27. The first-order valence-corrected chi connectivity index (χ1v) is 4.42. The van der Waals surface area contributed by atoms with Crippen molar-refractivity contribution in [2.75, 3.05) is 6.61 Å². The minimum atomic E-state index is 0.570. The van der Waals surface area contributed by atoms with Gasteiger partial charge in [-0.05, 0) is 31.5 Å². The van der Waals surface area contributed by atoms with Crippen LogP contribution in [-0.2, 0) is 4.74 Å². The van der Waals surface area contributed by atoms with E-state index in [1.807, 2.05) is 26.0 Å². The molecule has 0 heterocycles. The second kappa shape index (κ2) is 5.03. The topological polar surface area (TPSA) is 45.4 Å². The second-order valence-corrected chi connectivity index (χ2v) is 2.82. The molecule has 0 bridgehead atoms. The first kappa shape index (κ1) is 10.3. The van der Waals surface area contributed by atoms with Gasteiger partial charge in [-0.3, -0.25) is 0 Å². The molecule has 1 rings (SSSR count). The first-order valence-electron chi connectivity index (χ1n) is 4.42. The van der Waals surface area contributed by atoms with Crippen molar-refractivity contribution in [3.8, 4) is 6.07 Å². The van der Waals surface area contributed by atoms with Gasteiger partial charge in [-0.15, -0.1) is 0 Å². The van der Waals surface area contributed by atoms with E-state index >= 15 is 0 Å². The van der Waals surface area contributed by atoms with Crippen LogP contribution in [0.2, 0.25) is 0 Å². The summed E-state index contributed by atoms with van der Waals surface area (Å²) in [6.45, 7) is 4.40. The van der Waals surface area contributed by atoms with E-state index in [2.05, 4.69) is 11.1 Å². The van der Waals surface area contributed by atoms with Gasteiger partial charge >= 0.3 is 0 Å². The van der Waals surface area contributed by atoms with E-state index in [1.54, 1.807) is 6.07 Å². The lowest BCUT2D eigenvalue weighted by Crippen LogP contribution is -1.85. The number of aliphatic imine (C=N–C) groups is 1. The van der Waals surface area contributed by atoms with Gasteiger partial charge in [-0.1, -0.05) is 6.07 Å². The fraction of sp³-hybridized carbons (Fsp3) is 0.273. The smallest absolute Gasteiger partial charge is 0.174 e. The molecule has 72 valence electrons. The number of hydrogen-bond donors (Lipinski definition) is 0. The molecule has 0 fully saturated rings. The standard InChI is InChI=1S/C11H12N2O/c1-3-14-8-13-11-5-4-9(2)6-10(11)7-12/h4-6,8H,3H2,1-2H3. The SMILES string of the molecule is CCOC=Nc1ccc(C)cc1C#N. The highest BCUT2D eigenvalue weighted by molar-refractivity contribution is 5.62. The number of nitriles is 1. The Kier molecular flexibility index (Phi) is 3.69. The van der Waals surface area contributed by atoms with Crippen LogP contribution in [0.5, 0.6) is 0 Å². The van der Waals surface area contributed by atoms with Gasteiger partial charge in [-0.2, -0.15) is 5.26 Å². The van der Waals surface area contributed by atoms with Gasteiger partial charge in [0.2, 0.25) is 0 Å². The van der Waals surface area contributed by atoms with E-state index < -0.39 is 0 Å². The van der Waals surface area contributed by atoms with Crippen LogP contribution in [0, 0.1) is 18.3 Å². The summed E-state index contributed by atoms with van der Waals surface area (Å²) in [6.07, 6.45) is 1.37. The van der Waals surface area contributed by atoms with Crippen molar-refractivity contribution in [2.45, 2.75) is 13.8 Å². The van der Waals surface area contributed by atoms with Crippen LogP contribution in [0.3, 0.4) is 0 Å². The molecule has 3 nitrogen and oxygen atoms in total. The summed E-state index contributed by atoms with van der Waals surface area (Å²) in [4.78, 5) is 4.04. The minimum absolute atomic E-state index is 0.570. The summed E-state index contributed by atoms with van der Waals surface area (Å²) in [5.74, 6) is 0. The van der Waals surface area contributed by atoms with Crippen molar-refractivity contribution in [3.63, 3.8) is 0 Å². The third-order valence-corrected chi connectivity index (χ3v) is 1.71. The molecular weight excluding hydrogens is 176 g/mol. The van der Waals surface area contributed by atoms with Crippen molar-refractivity contribution in [1.29, 1.82) is 5.26 Å². The van der Waals surface area contributed by atoms with Crippen molar-refractivity contribution in [2.24, 2.45) is 4.99 Å². The number of aryl methyl sites for hydroxylation is 1. The van der Waals surface area contributed by atoms with Gasteiger partial charge < -0.3 is 4.74 Å². The predicted octanol–water partition coefficient (Wildman–Crippen LogP) is 2.56. The van der Waals surface area contributed by atoms with E-state index in [9.17, 15) is 0 Å². The van der Waals surface area contributed by atoms with Crippen LogP contribution < -0.4 is 0 Å². The number of nitrogens with zero attached hydrogens (tertiary/aromatic N) is 2. The first-order chi connectivity index (χ1) is 6.77. The Morgan fingerprint density at radius 2 is 2.36 bits per heavy atom. The van der Waals surface area contributed by atoms with E-state index in [1.165, 1.54) is 6.40 Å². The maximum atomic E-state index is 8.83. The normalized spacial score (nSPS) is 10.1. The minimum Gasteiger partial charge on any atom is -0.483 e. The Bertz CT molecular complexity index is 377. The third kappa shape index (κ3) is 2.60. The maximum absolute atomic E-state index is 8.83. The zero-order valence-electron chi connectivity index (χ0n) is 8.32. The van der Waals surface area contributed by atoms with Crippen molar-refractivity contribution < 1.29 is 4.74 Å². The summed E-state index contributed by atoms with van der Waals surface area (Å²) < 4.78 is 4.97. The Hall–Kier alpha value is -1.82. The lowest BCUT2D eigenvalue weighted by Gasteiger charge is -1.98. The molecule has 0 saturated carbocycles. The van der Waals surface area contributed by atoms with Crippen LogP contribution >= 0.6 is 0 Å². The Morgan fingerprint density at radius 3 is 3.00 bits per heavy atom. The van der Waals surface area contributed by atoms with Gasteiger partial charge in [0.1, 0.15) is 6.07 Å². The molecule has 3 heteroatoms. The van der Waals surface area contributed by atoms with Crippen LogP contribution in [-0.4, -0.2) is 13.0 Å². The van der Waals surface area contributed by atoms with Gasteiger partial charge in [-0.25, -0.2) is 4.99 Å². The van der Waals surface area contributed by atoms with Crippen LogP contribution in [0.15, 0.2) is 23.2 Å². The lowest BCUT2D eigenvalue weighted by atomic mass is 10.1. The average Bonchev–Trinajstić information content (AvgIpc) is 2.20. The summed E-state index contributed by atoms with van der Waals surface area (Å²) in [6, 6.07) is 7.62. The molecule has 0 aliphatic rings. The summed E-state index contributed by atoms with van der Waals surface area (Å²) in [7, 11) is 0. The van der Waals surface area contributed by atoms with E-state index in [0.29, 0.717) is 17.9 Å². The highest BCUT2D eigenvalue weighted by Crippen LogP contribution is 2.18. The van der Waals surface area contributed by atoms with Gasteiger partial charge in [0.05, 0.1) is 17.9 Å². The molecule has 0 atom stereocenters. The molecule has 14 heavy (non-hydrogen) atoms. The zero-order valence-corrected chi connectivity index (χ0v) is 8.32. The van der Waals surface area contributed by atoms with Gasteiger partial charge in [0, 0.05) is 0 Å². The lowest BCUT2D eigenvalue weighted by molar-refractivity contribution is 0.344. The van der Waals surface area contributed by atoms with Gasteiger partial charge in [0.15, 0.2) is 6.40 Å². The van der Waals surface area contributed by atoms with Crippen molar-refractivity contribution >= 4 is 12.1 Å². The number of rotatable bonds is 3. The Morgan fingerprint density at radius 1 is 1.57 bits per heavy atom. The quantitative estimate of drug-likeness (QED) is 0.540. The molecule has 0 N–H and O–H groups in total. The number of ether oxygens (including phenoxy) is 1. The third-order valence-electron chi connectivity index (χ3n) is 1.71. The number of benzene rings is 1. The Balaban J connectivity index is 2.92. The maximum Gasteiger partial charge on any atom is 0.174 e. The number of hydrogen-bond acceptors (Lipinski definition) is 3. The second-order valence-electron chi connectivity index (χ2n) is 2.82. The molecule has 0 saturated heterocycles. The molecule has 0 unspecified atom stereocenters. The largest absolute Gasteiger partial charge is 0.483 e. The van der Waals surface area contributed by atoms with Crippen LogP contribution in [0.4, 0.5) is 5.69 Å². The molecule has 0 aliphatic heterocycles. The molecule has 0 aromatic heterocycles. The monoisotopic (exact) mass is 188 g/mol. The molecule has 0 radical (unpaired) electrons.